The highest BCUT2D eigenvalue weighted by Gasteiger charge is 2.55. The zero-order valence-corrected chi connectivity index (χ0v) is 14.3. The summed E-state index contributed by atoms with van der Waals surface area (Å²) in [4.78, 5) is 28.3. The van der Waals surface area contributed by atoms with Gasteiger partial charge in [-0.1, -0.05) is 44.0 Å². The molecule has 3 amide bonds. The van der Waals surface area contributed by atoms with Gasteiger partial charge >= 0.3 is 6.03 Å². The third kappa shape index (κ3) is 2.42. The van der Waals surface area contributed by atoms with Gasteiger partial charge in [0.1, 0.15) is 12.1 Å². The summed E-state index contributed by atoms with van der Waals surface area (Å²) in [5.41, 5.74) is 2.10. The van der Waals surface area contributed by atoms with Crippen LogP contribution in [0.3, 0.4) is 0 Å². The van der Waals surface area contributed by atoms with Gasteiger partial charge < -0.3 is 10.2 Å². The van der Waals surface area contributed by atoms with E-state index in [0.29, 0.717) is 6.67 Å². The first-order chi connectivity index (χ1) is 11.6. The largest absolute Gasteiger partial charge is 0.329 e. The number of nitrogens with one attached hydrogen (secondary N) is 2. The normalized spacial score (nSPS) is 32.8. The molecule has 0 radical (unpaired) electrons. The molecule has 2 N–H and O–H groups in total. The fourth-order valence-electron chi connectivity index (χ4n) is 4.64. The molecule has 24 heavy (non-hydrogen) atoms. The maximum atomic E-state index is 13.1. The molecule has 0 aromatic heterocycles. The molecule has 2 heterocycles. The van der Waals surface area contributed by atoms with Gasteiger partial charge in [0, 0.05) is 12.0 Å². The number of nitrogens with zero attached hydrogens (tertiary/aromatic N) is 1. The highest BCUT2D eigenvalue weighted by Crippen LogP contribution is 2.37. The summed E-state index contributed by atoms with van der Waals surface area (Å²) in [5, 5.41) is 3.05. The van der Waals surface area contributed by atoms with Gasteiger partial charge in [-0.3, -0.25) is 4.79 Å². The minimum Gasteiger partial charge on any atom is -0.323 e. The lowest BCUT2D eigenvalue weighted by atomic mass is 9.73. The molecule has 128 valence electrons. The topological polar surface area (TPSA) is 53.9 Å². The van der Waals surface area contributed by atoms with E-state index in [-0.39, 0.29) is 17.9 Å². The Bertz CT molecular complexity index is 674. The quantitative estimate of drug-likeness (QED) is 0.799. The van der Waals surface area contributed by atoms with Crippen LogP contribution < -0.4 is 10.2 Å². The van der Waals surface area contributed by atoms with E-state index in [1.807, 2.05) is 0 Å². The van der Waals surface area contributed by atoms with Gasteiger partial charge in [-0.2, -0.15) is 0 Å². The van der Waals surface area contributed by atoms with Crippen LogP contribution in [0.5, 0.6) is 0 Å². The monoisotopic (exact) mass is 328 g/mol. The van der Waals surface area contributed by atoms with Gasteiger partial charge in [-0.25, -0.2) is 9.69 Å². The summed E-state index contributed by atoms with van der Waals surface area (Å²) in [6.07, 6.45) is 4.99. The standard InChI is InChI=1S/C19H25N3O2/c1-14-6-4-5-10-19(14)17(23)22(18(24)20-19)13-21-11-9-15-7-2-3-8-16(15)12-21/h2-3,7-8,14H,4-6,9-13H2,1H3,(H,20,24)/p+1/t14-,19+/m0/s1. The molecule has 3 atom stereocenters. The highest BCUT2D eigenvalue weighted by molar-refractivity contribution is 6.07. The van der Waals surface area contributed by atoms with Gasteiger partial charge in [0.25, 0.3) is 5.91 Å². The number of imide groups is 1. The zero-order chi connectivity index (χ0) is 16.7. The van der Waals surface area contributed by atoms with E-state index >= 15 is 0 Å². The van der Waals surface area contributed by atoms with E-state index in [2.05, 4.69) is 36.5 Å². The molecule has 1 saturated carbocycles. The Morgan fingerprint density at radius 2 is 2.04 bits per heavy atom. The number of rotatable bonds is 2. The second-order valence-electron chi connectivity index (χ2n) is 7.64. The molecule has 2 fully saturated rings. The number of urea groups is 1. The lowest BCUT2D eigenvalue weighted by molar-refractivity contribution is -0.923. The second kappa shape index (κ2) is 5.88. The Morgan fingerprint density at radius 1 is 1.25 bits per heavy atom. The number of fused-ring (bicyclic) bond motifs is 1. The van der Waals surface area contributed by atoms with E-state index < -0.39 is 5.54 Å². The van der Waals surface area contributed by atoms with Gasteiger partial charge in [-0.05, 0) is 24.3 Å². The molecule has 1 spiro atoms. The number of quaternary nitrogens is 1. The molecule has 5 nitrogen and oxygen atoms in total. The predicted molar refractivity (Wildman–Crippen MR) is 90.3 cm³/mol. The molecular weight excluding hydrogens is 302 g/mol. The smallest absolute Gasteiger partial charge is 0.323 e. The van der Waals surface area contributed by atoms with Crippen LogP contribution in [0.4, 0.5) is 4.79 Å². The Labute approximate surface area is 143 Å². The molecule has 1 saturated heterocycles. The van der Waals surface area contributed by atoms with Crippen LogP contribution in [0.25, 0.3) is 0 Å². The lowest BCUT2D eigenvalue weighted by Crippen LogP contribution is -3.13. The summed E-state index contributed by atoms with van der Waals surface area (Å²) >= 11 is 0. The number of carbonyl (C=O) groups excluding carboxylic acids is 2. The van der Waals surface area contributed by atoms with E-state index in [9.17, 15) is 9.59 Å². The van der Waals surface area contributed by atoms with Crippen molar-refractivity contribution in [1.82, 2.24) is 10.2 Å². The molecule has 4 rings (SSSR count). The molecule has 1 aliphatic carbocycles. The van der Waals surface area contributed by atoms with Gasteiger partial charge in [-0.15, -0.1) is 0 Å². The first-order valence-corrected chi connectivity index (χ1v) is 9.14. The third-order valence-electron chi connectivity index (χ3n) is 6.19. The highest BCUT2D eigenvalue weighted by atomic mass is 16.2. The molecule has 3 aliphatic rings. The Morgan fingerprint density at radius 3 is 2.83 bits per heavy atom. The van der Waals surface area contributed by atoms with Crippen molar-refractivity contribution in [2.45, 2.75) is 51.1 Å². The van der Waals surface area contributed by atoms with Crippen LogP contribution in [0.15, 0.2) is 24.3 Å². The van der Waals surface area contributed by atoms with E-state index in [1.54, 1.807) is 0 Å². The molecule has 0 bridgehead atoms. The predicted octanol–water partition coefficient (Wildman–Crippen LogP) is 1.09. The molecule has 1 aromatic carbocycles. The number of hydrogen-bond donors (Lipinski definition) is 2. The van der Waals surface area contributed by atoms with E-state index in [0.717, 1.165) is 45.2 Å². The van der Waals surface area contributed by atoms with Crippen molar-refractivity contribution in [3.63, 3.8) is 0 Å². The summed E-state index contributed by atoms with van der Waals surface area (Å²) in [6, 6.07) is 8.29. The average Bonchev–Trinajstić information content (AvgIpc) is 2.83. The minimum absolute atomic E-state index is 0.00561. The Hall–Kier alpha value is -1.88. The van der Waals surface area contributed by atoms with Gasteiger partial charge in [0.05, 0.1) is 6.54 Å². The summed E-state index contributed by atoms with van der Waals surface area (Å²) in [5.74, 6) is 0.232. The molecule has 1 unspecified atom stereocenters. The van der Waals surface area contributed by atoms with Crippen LogP contribution in [0.2, 0.25) is 0 Å². The van der Waals surface area contributed by atoms with Crippen LogP contribution in [-0.4, -0.2) is 35.6 Å². The Kier molecular flexibility index (Phi) is 3.83. The fourth-order valence-corrected chi connectivity index (χ4v) is 4.64. The van der Waals surface area contributed by atoms with Crippen molar-refractivity contribution in [3.05, 3.63) is 35.4 Å². The first-order valence-electron chi connectivity index (χ1n) is 9.14. The van der Waals surface area contributed by atoms with Gasteiger partial charge in [0.15, 0.2) is 6.67 Å². The number of carbonyl (C=O) groups is 2. The SMILES string of the molecule is C[C@H]1CCCC[C@@]12NC(=O)N(C[NH+]1CCc3ccccc3C1)C2=O. The van der Waals surface area contributed by atoms with Crippen molar-refractivity contribution in [3.8, 4) is 0 Å². The van der Waals surface area contributed by atoms with Crippen molar-refractivity contribution in [2.24, 2.45) is 5.92 Å². The van der Waals surface area contributed by atoms with Crippen molar-refractivity contribution in [1.29, 1.82) is 0 Å². The number of amides is 3. The van der Waals surface area contributed by atoms with Crippen LogP contribution in [0.1, 0.15) is 43.7 Å². The van der Waals surface area contributed by atoms with Crippen molar-refractivity contribution >= 4 is 11.9 Å². The molecule has 1 aromatic rings. The van der Waals surface area contributed by atoms with Crippen LogP contribution in [0, 0.1) is 5.92 Å². The van der Waals surface area contributed by atoms with Crippen molar-refractivity contribution < 1.29 is 14.5 Å². The van der Waals surface area contributed by atoms with Crippen LogP contribution >= 0.6 is 0 Å². The lowest BCUT2D eigenvalue weighted by Gasteiger charge is -2.37. The molecule has 2 aliphatic heterocycles. The molecular formula is C19H26N3O2+. The summed E-state index contributed by atoms with van der Waals surface area (Å²) < 4.78 is 0. The number of hydrogen-bond acceptors (Lipinski definition) is 2. The van der Waals surface area contributed by atoms with E-state index in [1.165, 1.54) is 20.9 Å². The summed E-state index contributed by atoms with van der Waals surface area (Å²) in [7, 11) is 0. The molecule has 5 heteroatoms. The fraction of sp³-hybridized carbons (Fsp3) is 0.579. The third-order valence-corrected chi connectivity index (χ3v) is 6.19. The first kappa shape index (κ1) is 15.6. The van der Waals surface area contributed by atoms with Gasteiger partial charge in [0.2, 0.25) is 0 Å². The maximum Gasteiger partial charge on any atom is 0.329 e. The minimum atomic E-state index is -0.636. The van der Waals surface area contributed by atoms with Crippen LogP contribution in [-0.2, 0) is 17.8 Å². The number of benzene rings is 1. The second-order valence-corrected chi connectivity index (χ2v) is 7.64. The zero-order valence-electron chi connectivity index (χ0n) is 14.3. The summed E-state index contributed by atoms with van der Waals surface area (Å²) in [6.45, 7) is 4.44. The van der Waals surface area contributed by atoms with Crippen molar-refractivity contribution in [2.75, 3.05) is 13.2 Å². The Balaban J connectivity index is 1.49. The maximum absolute atomic E-state index is 13.1. The average molecular weight is 328 g/mol. The van der Waals surface area contributed by atoms with E-state index in [4.69, 9.17) is 0 Å².